The van der Waals surface area contributed by atoms with Gasteiger partial charge in [-0.2, -0.15) is 0 Å². The van der Waals surface area contributed by atoms with Crippen LogP contribution in [-0.2, 0) is 17.8 Å². The number of thiocarbonyl (C=S) groups is 1. The Morgan fingerprint density at radius 1 is 1.28 bits per heavy atom. The molecule has 0 saturated carbocycles. The van der Waals surface area contributed by atoms with Gasteiger partial charge in [-0.05, 0) is 41.8 Å². The van der Waals surface area contributed by atoms with Crippen LogP contribution in [0, 0.1) is 0 Å². The van der Waals surface area contributed by atoms with Gasteiger partial charge in [0, 0.05) is 6.42 Å². The van der Waals surface area contributed by atoms with E-state index in [4.69, 9.17) is 17.0 Å². The third kappa shape index (κ3) is 3.34. The molecular weight excluding hydrogens is 350 g/mol. The summed E-state index contributed by atoms with van der Waals surface area (Å²) in [5.74, 6) is 0.922. The molecule has 0 spiro atoms. The van der Waals surface area contributed by atoms with Crippen molar-refractivity contribution in [3.8, 4) is 5.75 Å². The molecule has 0 aromatic heterocycles. The summed E-state index contributed by atoms with van der Waals surface area (Å²) in [7, 11) is 0. The summed E-state index contributed by atoms with van der Waals surface area (Å²) < 4.78 is 6.34. The lowest BCUT2D eigenvalue weighted by atomic mass is 10.1. The summed E-state index contributed by atoms with van der Waals surface area (Å²) in [4.78, 5) is 15.1. The first-order valence-electron chi connectivity index (χ1n) is 8.19. The molecule has 1 amide bonds. The van der Waals surface area contributed by atoms with Gasteiger partial charge in [-0.25, -0.2) is 0 Å². The number of hydrogen-bond donors (Lipinski definition) is 0. The van der Waals surface area contributed by atoms with E-state index in [0.717, 1.165) is 23.3 Å². The van der Waals surface area contributed by atoms with E-state index in [1.54, 1.807) is 4.90 Å². The van der Waals surface area contributed by atoms with Gasteiger partial charge in [0.1, 0.15) is 16.2 Å². The smallest absolute Gasteiger partial charge is 0.266 e. The van der Waals surface area contributed by atoms with Crippen LogP contribution in [0.1, 0.15) is 23.6 Å². The fourth-order valence-corrected chi connectivity index (χ4v) is 4.34. The number of nitrogens with zero attached hydrogens (tertiary/aromatic N) is 1. The van der Waals surface area contributed by atoms with Crippen molar-refractivity contribution < 1.29 is 9.53 Å². The van der Waals surface area contributed by atoms with Gasteiger partial charge in [0.05, 0.1) is 11.4 Å². The van der Waals surface area contributed by atoms with Crippen molar-refractivity contribution in [2.45, 2.75) is 26.0 Å². The highest BCUT2D eigenvalue weighted by Crippen LogP contribution is 2.35. The molecule has 1 saturated heterocycles. The SMILES string of the molecule is C[C@@H]1Cc2cc(/C=C3/SC(=S)N(Cc4ccccc4)C3=O)ccc2O1. The Morgan fingerprint density at radius 3 is 2.88 bits per heavy atom. The number of carbonyl (C=O) groups excluding carboxylic acids is 1. The monoisotopic (exact) mass is 367 g/mol. The van der Waals surface area contributed by atoms with Crippen molar-refractivity contribution >= 4 is 40.3 Å². The van der Waals surface area contributed by atoms with Gasteiger partial charge < -0.3 is 4.74 Å². The average molecular weight is 367 g/mol. The van der Waals surface area contributed by atoms with E-state index in [1.165, 1.54) is 17.3 Å². The van der Waals surface area contributed by atoms with E-state index in [-0.39, 0.29) is 12.0 Å². The summed E-state index contributed by atoms with van der Waals surface area (Å²) in [5.41, 5.74) is 3.28. The Bertz CT molecular complexity index is 877. The molecule has 2 heterocycles. The minimum atomic E-state index is -0.0241. The largest absolute Gasteiger partial charge is 0.490 e. The first kappa shape index (κ1) is 16.4. The number of hydrogen-bond acceptors (Lipinski definition) is 4. The van der Waals surface area contributed by atoms with Crippen molar-refractivity contribution in [3.63, 3.8) is 0 Å². The van der Waals surface area contributed by atoms with E-state index in [2.05, 4.69) is 13.0 Å². The number of fused-ring (bicyclic) bond motifs is 1. The molecule has 126 valence electrons. The Kier molecular flexibility index (Phi) is 4.36. The summed E-state index contributed by atoms with van der Waals surface area (Å²) in [6.45, 7) is 2.58. The summed E-state index contributed by atoms with van der Waals surface area (Å²) >= 11 is 6.78. The molecule has 1 fully saturated rings. The zero-order chi connectivity index (χ0) is 17.4. The number of thioether (sulfide) groups is 1. The van der Waals surface area contributed by atoms with Crippen LogP contribution in [0.25, 0.3) is 6.08 Å². The minimum absolute atomic E-state index is 0.0241. The van der Waals surface area contributed by atoms with Crippen LogP contribution in [0.5, 0.6) is 5.75 Å². The molecule has 5 heteroatoms. The van der Waals surface area contributed by atoms with Crippen molar-refractivity contribution in [3.05, 3.63) is 70.1 Å². The minimum Gasteiger partial charge on any atom is -0.490 e. The Labute approximate surface area is 156 Å². The highest BCUT2D eigenvalue weighted by Gasteiger charge is 2.32. The van der Waals surface area contributed by atoms with Gasteiger partial charge >= 0.3 is 0 Å². The fourth-order valence-electron chi connectivity index (χ4n) is 3.09. The Hall–Kier alpha value is -2.11. The van der Waals surface area contributed by atoms with Crippen LogP contribution in [0.2, 0.25) is 0 Å². The van der Waals surface area contributed by atoms with Crippen LogP contribution in [0.3, 0.4) is 0 Å². The van der Waals surface area contributed by atoms with Gasteiger partial charge in [-0.3, -0.25) is 9.69 Å². The van der Waals surface area contributed by atoms with E-state index in [9.17, 15) is 4.79 Å². The Balaban J connectivity index is 1.56. The van der Waals surface area contributed by atoms with Gasteiger partial charge in [0.25, 0.3) is 5.91 Å². The zero-order valence-corrected chi connectivity index (χ0v) is 15.4. The quantitative estimate of drug-likeness (QED) is 0.594. The molecule has 25 heavy (non-hydrogen) atoms. The Morgan fingerprint density at radius 2 is 2.08 bits per heavy atom. The first-order valence-corrected chi connectivity index (χ1v) is 9.41. The van der Waals surface area contributed by atoms with Gasteiger partial charge in [0.2, 0.25) is 0 Å². The van der Waals surface area contributed by atoms with Crippen LogP contribution >= 0.6 is 24.0 Å². The highest BCUT2D eigenvalue weighted by molar-refractivity contribution is 8.26. The topological polar surface area (TPSA) is 29.5 Å². The highest BCUT2D eigenvalue weighted by atomic mass is 32.2. The number of benzene rings is 2. The molecule has 2 aromatic carbocycles. The van der Waals surface area contributed by atoms with Crippen LogP contribution < -0.4 is 4.74 Å². The predicted octanol–water partition coefficient (Wildman–Crippen LogP) is 4.41. The second-order valence-corrected chi connectivity index (χ2v) is 7.93. The van der Waals surface area contributed by atoms with Crippen LogP contribution in [0.15, 0.2) is 53.4 Å². The third-order valence-corrected chi connectivity index (χ3v) is 5.65. The maximum atomic E-state index is 12.7. The molecule has 4 rings (SSSR count). The second-order valence-electron chi connectivity index (χ2n) is 6.25. The first-order chi connectivity index (χ1) is 12.1. The zero-order valence-electron chi connectivity index (χ0n) is 13.8. The number of ether oxygens (including phenoxy) is 1. The molecule has 0 unspecified atom stereocenters. The summed E-state index contributed by atoms with van der Waals surface area (Å²) in [6, 6.07) is 16.0. The van der Waals surface area contributed by atoms with Gasteiger partial charge in [-0.1, -0.05) is 60.4 Å². The van der Waals surface area contributed by atoms with E-state index in [1.807, 2.05) is 48.5 Å². The predicted molar refractivity (Wildman–Crippen MR) is 105 cm³/mol. The lowest BCUT2D eigenvalue weighted by Crippen LogP contribution is -2.27. The lowest BCUT2D eigenvalue weighted by Gasteiger charge is -2.14. The lowest BCUT2D eigenvalue weighted by molar-refractivity contribution is -0.122. The van der Waals surface area contributed by atoms with Crippen molar-refractivity contribution in [2.24, 2.45) is 0 Å². The molecule has 2 aromatic rings. The average Bonchev–Trinajstić information content (AvgIpc) is 3.09. The molecule has 0 bridgehead atoms. The molecule has 0 N–H and O–H groups in total. The van der Waals surface area contributed by atoms with E-state index < -0.39 is 0 Å². The molecule has 0 radical (unpaired) electrons. The van der Waals surface area contributed by atoms with Gasteiger partial charge in [0.15, 0.2) is 0 Å². The van der Waals surface area contributed by atoms with E-state index >= 15 is 0 Å². The molecular formula is C20H17NO2S2. The van der Waals surface area contributed by atoms with Crippen LogP contribution in [0.4, 0.5) is 0 Å². The maximum absolute atomic E-state index is 12.7. The molecule has 1 atom stereocenters. The molecule has 2 aliphatic rings. The second kappa shape index (κ2) is 6.65. The normalized spacial score (nSPS) is 20.9. The van der Waals surface area contributed by atoms with Gasteiger partial charge in [-0.15, -0.1) is 0 Å². The van der Waals surface area contributed by atoms with Crippen molar-refractivity contribution in [1.29, 1.82) is 0 Å². The molecule has 0 aliphatic carbocycles. The maximum Gasteiger partial charge on any atom is 0.266 e. The molecule has 3 nitrogen and oxygen atoms in total. The number of amides is 1. The standard InChI is InChI=1S/C20H17NO2S2/c1-13-9-16-10-15(7-8-17(16)23-13)11-18-19(22)21(20(24)25-18)12-14-5-3-2-4-6-14/h2-8,10-11,13H,9,12H2,1H3/b18-11+/t13-/m1/s1. The van der Waals surface area contributed by atoms with Crippen molar-refractivity contribution in [1.82, 2.24) is 4.90 Å². The van der Waals surface area contributed by atoms with E-state index in [0.29, 0.717) is 15.8 Å². The van der Waals surface area contributed by atoms with Crippen molar-refractivity contribution in [2.75, 3.05) is 0 Å². The summed E-state index contributed by atoms with van der Waals surface area (Å²) in [6.07, 6.45) is 3.05. The number of rotatable bonds is 3. The van der Waals surface area contributed by atoms with Crippen LogP contribution in [-0.4, -0.2) is 21.2 Å². The number of carbonyl (C=O) groups is 1. The third-order valence-electron chi connectivity index (χ3n) is 4.27. The fraction of sp³-hybridized carbons (Fsp3) is 0.200. The molecule has 2 aliphatic heterocycles. The summed E-state index contributed by atoms with van der Waals surface area (Å²) in [5, 5.41) is 0.